The van der Waals surface area contributed by atoms with Crippen LogP contribution >= 0.6 is 37.9 Å². The van der Waals surface area contributed by atoms with Gasteiger partial charge in [-0.05, 0) is 14.1 Å². The number of aliphatic hydroxyl groups is 2. The Labute approximate surface area is 142 Å². The van der Waals surface area contributed by atoms with E-state index in [2.05, 4.69) is 59.2 Å². The predicted molar refractivity (Wildman–Crippen MR) is 94.3 cm³/mol. The molecule has 7 nitrogen and oxygen atoms in total. The maximum atomic E-state index is 12.0. The third-order valence-corrected chi connectivity index (χ3v) is 4.16. The first-order valence-corrected chi connectivity index (χ1v) is 8.44. The highest BCUT2D eigenvalue weighted by atomic mass is 32.1. The summed E-state index contributed by atoms with van der Waals surface area (Å²) in [5.74, 6) is 0.604. The Bertz CT molecular complexity index is 298. The maximum Gasteiger partial charge on any atom is 0.238 e. The van der Waals surface area contributed by atoms with Gasteiger partial charge >= 0.3 is 0 Å². The van der Waals surface area contributed by atoms with E-state index >= 15 is 0 Å². The van der Waals surface area contributed by atoms with Gasteiger partial charge in [0.05, 0.1) is 18.1 Å². The third kappa shape index (κ3) is 7.42. The molecule has 0 aliphatic carbocycles. The van der Waals surface area contributed by atoms with Gasteiger partial charge in [-0.25, -0.2) is 0 Å². The van der Waals surface area contributed by atoms with Crippen molar-refractivity contribution >= 4 is 43.8 Å². The van der Waals surface area contributed by atoms with E-state index in [1.807, 2.05) is 0 Å². The number of amides is 1. The van der Waals surface area contributed by atoms with Crippen LogP contribution in [-0.4, -0.2) is 78.1 Å². The SMILES string of the molecule is CN[C@@H](O)[C@@H](CS)N[C@@H](O)[C@@H](CS)NC(=O)[C@@H](CS)NC. The van der Waals surface area contributed by atoms with Gasteiger partial charge in [0.25, 0.3) is 0 Å². The number of rotatable bonds is 11. The number of nitrogens with one attached hydrogen (secondary N) is 4. The zero-order valence-corrected chi connectivity index (χ0v) is 14.8. The molecule has 0 saturated heterocycles. The van der Waals surface area contributed by atoms with E-state index in [4.69, 9.17) is 0 Å². The van der Waals surface area contributed by atoms with Crippen LogP contribution in [0.5, 0.6) is 0 Å². The lowest BCUT2D eigenvalue weighted by molar-refractivity contribution is -0.124. The molecule has 5 atom stereocenters. The number of carbonyl (C=O) groups is 1. The lowest BCUT2D eigenvalue weighted by atomic mass is 10.2. The molecule has 0 aromatic rings. The largest absolute Gasteiger partial charge is 0.377 e. The van der Waals surface area contributed by atoms with E-state index in [0.717, 1.165) is 0 Å². The van der Waals surface area contributed by atoms with Crippen molar-refractivity contribution in [2.45, 2.75) is 30.6 Å². The molecule has 21 heavy (non-hydrogen) atoms. The van der Waals surface area contributed by atoms with Crippen molar-refractivity contribution in [2.75, 3.05) is 31.4 Å². The fourth-order valence-electron chi connectivity index (χ4n) is 1.59. The van der Waals surface area contributed by atoms with Crippen LogP contribution in [0.15, 0.2) is 0 Å². The van der Waals surface area contributed by atoms with Gasteiger partial charge in [0.2, 0.25) is 5.91 Å². The summed E-state index contributed by atoms with van der Waals surface area (Å²) in [6, 6.07) is -1.54. The van der Waals surface area contributed by atoms with Crippen molar-refractivity contribution in [1.82, 2.24) is 21.3 Å². The Kier molecular flexibility index (Phi) is 12.0. The number of likely N-dealkylation sites (N-methyl/N-ethyl adjacent to an activating group) is 2. The second-order valence-corrected chi connectivity index (χ2v) is 5.55. The molecule has 6 N–H and O–H groups in total. The van der Waals surface area contributed by atoms with Crippen LogP contribution in [-0.2, 0) is 4.79 Å². The first-order valence-electron chi connectivity index (χ1n) is 6.54. The normalized spacial score (nSPS) is 18.6. The van der Waals surface area contributed by atoms with Crippen molar-refractivity contribution in [1.29, 1.82) is 0 Å². The second kappa shape index (κ2) is 11.8. The van der Waals surface area contributed by atoms with Gasteiger partial charge in [-0.3, -0.25) is 15.4 Å². The second-order valence-electron chi connectivity index (χ2n) is 4.46. The number of hydrogen-bond acceptors (Lipinski definition) is 9. The molecule has 0 rings (SSSR count). The number of hydrogen-bond donors (Lipinski definition) is 9. The van der Waals surface area contributed by atoms with Crippen molar-refractivity contribution in [2.24, 2.45) is 0 Å². The van der Waals surface area contributed by atoms with Crippen molar-refractivity contribution in [3.8, 4) is 0 Å². The predicted octanol–water partition coefficient (Wildman–Crippen LogP) is -2.34. The first-order chi connectivity index (χ1) is 9.94. The molecule has 0 radical (unpaired) electrons. The van der Waals surface area contributed by atoms with Crippen LogP contribution in [0.25, 0.3) is 0 Å². The molecule has 0 bridgehead atoms. The molecular formula is C11H26N4O3S3. The Morgan fingerprint density at radius 3 is 1.90 bits per heavy atom. The monoisotopic (exact) mass is 358 g/mol. The molecule has 0 spiro atoms. The summed E-state index contributed by atoms with van der Waals surface area (Å²) in [4.78, 5) is 12.0. The summed E-state index contributed by atoms with van der Waals surface area (Å²) in [7, 11) is 3.25. The summed E-state index contributed by atoms with van der Waals surface area (Å²) in [6.07, 6.45) is -1.93. The zero-order chi connectivity index (χ0) is 16.4. The topological polar surface area (TPSA) is 106 Å². The molecule has 0 aromatic heterocycles. The molecule has 0 fully saturated rings. The van der Waals surface area contributed by atoms with Gasteiger partial charge in [0.1, 0.15) is 12.5 Å². The average Bonchev–Trinajstić information content (AvgIpc) is 2.50. The Morgan fingerprint density at radius 2 is 1.52 bits per heavy atom. The average molecular weight is 359 g/mol. The van der Waals surface area contributed by atoms with Gasteiger partial charge in [-0.15, -0.1) is 0 Å². The highest BCUT2D eigenvalue weighted by Gasteiger charge is 2.27. The van der Waals surface area contributed by atoms with E-state index in [9.17, 15) is 15.0 Å². The van der Waals surface area contributed by atoms with Crippen molar-refractivity contribution < 1.29 is 15.0 Å². The molecule has 126 valence electrons. The Balaban J connectivity index is 4.60. The molecule has 0 aliphatic heterocycles. The lowest BCUT2D eigenvalue weighted by Crippen LogP contribution is -2.60. The lowest BCUT2D eigenvalue weighted by Gasteiger charge is -2.30. The molecule has 0 unspecified atom stereocenters. The summed E-state index contributed by atoms with van der Waals surface area (Å²) < 4.78 is 0. The molecule has 1 amide bonds. The fraction of sp³-hybridized carbons (Fsp3) is 0.909. The van der Waals surface area contributed by atoms with E-state index in [-0.39, 0.29) is 11.7 Å². The third-order valence-electron chi connectivity index (χ3n) is 3.01. The van der Waals surface area contributed by atoms with Crippen molar-refractivity contribution in [3.05, 3.63) is 0 Å². The number of aliphatic hydroxyl groups excluding tert-OH is 2. The van der Waals surface area contributed by atoms with Crippen LogP contribution in [0.1, 0.15) is 0 Å². The molecule has 0 aromatic carbocycles. The minimum Gasteiger partial charge on any atom is -0.377 e. The van der Waals surface area contributed by atoms with E-state index in [1.165, 1.54) is 0 Å². The Hall–Kier alpha value is 0.320. The zero-order valence-electron chi connectivity index (χ0n) is 12.2. The fourth-order valence-corrected chi connectivity index (χ4v) is 2.54. The number of thiol groups is 3. The maximum absolute atomic E-state index is 12.0. The smallest absolute Gasteiger partial charge is 0.238 e. The highest BCUT2D eigenvalue weighted by molar-refractivity contribution is 7.80. The minimum absolute atomic E-state index is 0.234. The highest BCUT2D eigenvalue weighted by Crippen LogP contribution is 2.01. The summed E-state index contributed by atoms with van der Waals surface area (Å²) >= 11 is 12.3. The van der Waals surface area contributed by atoms with Gasteiger partial charge in [-0.1, -0.05) is 0 Å². The molecule has 0 saturated carbocycles. The quantitative estimate of drug-likeness (QED) is 0.151. The van der Waals surface area contributed by atoms with Crippen LogP contribution in [0.4, 0.5) is 0 Å². The van der Waals surface area contributed by atoms with Crippen LogP contribution in [0.2, 0.25) is 0 Å². The standard InChI is InChI=1S/C11H26N4O3S3/c1-12-6(3-19)10(17)15-8(5-21)11(18)14-7(4-20)9(16)13-2/h6-9,11-14,16,18-21H,3-5H2,1-2H3,(H,15,17)/t6-,7-,8-,9+,11+/m1/s1. The van der Waals surface area contributed by atoms with Gasteiger partial charge in [-0.2, -0.15) is 37.9 Å². The van der Waals surface area contributed by atoms with Crippen molar-refractivity contribution in [3.63, 3.8) is 0 Å². The van der Waals surface area contributed by atoms with E-state index in [1.54, 1.807) is 14.1 Å². The molecule has 0 heterocycles. The van der Waals surface area contributed by atoms with Gasteiger partial charge in [0.15, 0.2) is 0 Å². The van der Waals surface area contributed by atoms with E-state index < -0.39 is 30.6 Å². The molecular weight excluding hydrogens is 332 g/mol. The minimum atomic E-state index is -1.07. The van der Waals surface area contributed by atoms with Crippen LogP contribution < -0.4 is 21.3 Å². The first kappa shape index (κ1) is 21.3. The van der Waals surface area contributed by atoms with Crippen LogP contribution in [0.3, 0.4) is 0 Å². The summed E-state index contributed by atoms with van der Waals surface area (Å²) in [5, 5.41) is 30.8. The summed E-state index contributed by atoms with van der Waals surface area (Å²) in [6.45, 7) is 0. The van der Waals surface area contributed by atoms with Gasteiger partial charge < -0.3 is 20.8 Å². The Morgan fingerprint density at radius 1 is 0.952 bits per heavy atom. The van der Waals surface area contributed by atoms with E-state index in [0.29, 0.717) is 11.5 Å². The number of carbonyl (C=O) groups excluding carboxylic acids is 1. The van der Waals surface area contributed by atoms with Crippen LogP contribution in [0, 0.1) is 0 Å². The van der Waals surface area contributed by atoms with Gasteiger partial charge in [0, 0.05) is 17.3 Å². The summed E-state index contributed by atoms with van der Waals surface area (Å²) in [5.41, 5.74) is 0. The molecule has 0 aliphatic rings. The molecule has 10 heteroatoms.